The first-order valence-electron chi connectivity index (χ1n) is 5.67. The van der Waals surface area contributed by atoms with Crippen LogP contribution in [0.25, 0.3) is 0 Å². The molecule has 5 nitrogen and oxygen atoms in total. The van der Waals surface area contributed by atoms with E-state index in [1.165, 1.54) is 18.2 Å². The SMILES string of the molecule is CCC(=O)c1cccc(S(=O)(=O)N[C@H](C)CO)c1. The Bertz CT molecular complexity index is 525. The number of benzene rings is 1. The number of ketones is 1. The van der Waals surface area contributed by atoms with Gasteiger partial charge < -0.3 is 5.11 Å². The topological polar surface area (TPSA) is 83.5 Å². The summed E-state index contributed by atoms with van der Waals surface area (Å²) >= 11 is 0. The summed E-state index contributed by atoms with van der Waals surface area (Å²) in [5.41, 5.74) is 0.372. The number of Topliss-reactive ketones (excluding diaryl/α,β-unsaturated/α-hetero) is 1. The average molecular weight is 271 g/mol. The Balaban J connectivity index is 3.06. The summed E-state index contributed by atoms with van der Waals surface area (Å²) in [6.07, 6.45) is 0.323. The van der Waals surface area contributed by atoms with Gasteiger partial charge in [0.25, 0.3) is 0 Å². The Morgan fingerprint density at radius 1 is 1.44 bits per heavy atom. The molecule has 6 heteroatoms. The van der Waals surface area contributed by atoms with Gasteiger partial charge in [-0.1, -0.05) is 19.1 Å². The highest BCUT2D eigenvalue weighted by molar-refractivity contribution is 7.89. The molecule has 1 aromatic carbocycles. The highest BCUT2D eigenvalue weighted by Crippen LogP contribution is 2.13. The van der Waals surface area contributed by atoms with E-state index in [4.69, 9.17) is 5.11 Å². The van der Waals surface area contributed by atoms with E-state index in [0.717, 1.165) is 0 Å². The Labute approximate surface area is 107 Å². The Kier molecular flexibility index (Phi) is 5.01. The van der Waals surface area contributed by atoms with E-state index in [9.17, 15) is 13.2 Å². The van der Waals surface area contributed by atoms with Crippen LogP contribution in [0.3, 0.4) is 0 Å². The Morgan fingerprint density at radius 3 is 2.67 bits per heavy atom. The number of carbonyl (C=O) groups is 1. The van der Waals surface area contributed by atoms with Crippen LogP contribution in [-0.4, -0.2) is 32.0 Å². The third-order valence-corrected chi connectivity index (χ3v) is 4.00. The fraction of sp³-hybridized carbons (Fsp3) is 0.417. The number of sulfonamides is 1. The third kappa shape index (κ3) is 3.63. The van der Waals surface area contributed by atoms with Crippen molar-refractivity contribution in [3.05, 3.63) is 29.8 Å². The highest BCUT2D eigenvalue weighted by atomic mass is 32.2. The van der Waals surface area contributed by atoms with Crippen LogP contribution < -0.4 is 4.72 Å². The van der Waals surface area contributed by atoms with Crippen LogP contribution in [0, 0.1) is 0 Å². The molecule has 0 heterocycles. The summed E-state index contributed by atoms with van der Waals surface area (Å²) in [6.45, 7) is 2.99. The molecule has 1 aromatic rings. The van der Waals surface area contributed by atoms with Gasteiger partial charge in [0, 0.05) is 18.0 Å². The second kappa shape index (κ2) is 6.08. The number of aliphatic hydroxyl groups is 1. The normalized spacial score (nSPS) is 13.3. The maximum Gasteiger partial charge on any atom is 0.240 e. The van der Waals surface area contributed by atoms with Crippen molar-refractivity contribution in [3.8, 4) is 0 Å². The lowest BCUT2D eigenvalue weighted by Gasteiger charge is -2.12. The predicted molar refractivity (Wildman–Crippen MR) is 67.9 cm³/mol. The minimum absolute atomic E-state index is 0.0297. The molecule has 0 aromatic heterocycles. The molecule has 0 saturated heterocycles. The van der Waals surface area contributed by atoms with Gasteiger partial charge in [-0.2, -0.15) is 0 Å². The van der Waals surface area contributed by atoms with Crippen LogP contribution in [0.2, 0.25) is 0 Å². The van der Waals surface area contributed by atoms with Crippen molar-refractivity contribution in [2.75, 3.05) is 6.61 Å². The summed E-state index contributed by atoms with van der Waals surface area (Å²) in [4.78, 5) is 11.5. The molecule has 2 N–H and O–H groups in total. The quantitative estimate of drug-likeness (QED) is 0.754. The summed E-state index contributed by atoms with van der Waals surface area (Å²) < 4.78 is 26.2. The van der Waals surface area contributed by atoms with Gasteiger partial charge in [0.05, 0.1) is 11.5 Å². The van der Waals surface area contributed by atoms with E-state index < -0.39 is 16.1 Å². The van der Waals surface area contributed by atoms with Crippen LogP contribution in [0.15, 0.2) is 29.2 Å². The minimum atomic E-state index is -3.70. The molecule has 1 rings (SSSR count). The smallest absolute Gasteiger partial charge is 0.240 e. The molecule has 0 aliphatic heterocycles. The van der Waals surface area contributed by atoms with Crippen molar-refractivity contribution in [2.45, 2.75) is 31.2 Å². The number of nitrogens with one attached hydrogen (secondary N) is 1. The molecule has 0 unspecified atom stereocenters. The molecule has 0 saturated carbocycles. The zero-order valence-electron chi connectivity index (χ0n) is 10.4. The van der Waals surface area contributed by atoms with Gasteiger partial charge in [-0.15, -0.1) is 0 Å². The van der Waals surface area contributed by atoms with E-state index in [1.54, 1.807) is 19.9 Å². The second-order valence-corrected chi connectivity index (χ2v) is 5.72. The van der Waals surface area contributed by atoms with Gasteiger partial charge in [-0.05, 0) is 19.1 Å². The zero-order valence-corrected chi connectivity index (χ0v) is 11.2. The average Bonchev–Trinajstić information content (AvgIpc) is 2.37. The molecule has 0 aliphatic rings. The van der Waals surface area contributed by atoms with E-state index >= 15 is 0 Å². The van der Waals surface area contributed by atoms with E-state index in [-0.39, 0.29) is 17.3 Å². The first-order valence-corrected chi connectivity index (χ1v) is 7.15. The molecule has 0 spiro atoms. The number of aliphatic hydroxyl groups excluding tert-OH is 1. The van der Waals surface area contributed by atoms with Gasteiger partial charge in [-0.3, -0.25) is 4.79 Å². The third-order valence-electron chi connectivity index (χ3n) is 2.42. The highest BCUT2D eigenvalue weighted by Gasteiger charge is 2.18. The number of rotatable bonds is 6. The molecule has 0 amide bonds. The fourth-order valence-electron chi connectivity index (χ4n) is 1.41. The van der Waals surface area contributed by atoms with Crippen LogP contribution >= 0.6 is 0 Å². The van der Waals surface area contributed by atoms with Crippen LogP contribution in [0.1, 0.15) is 30.6 Å². The van der Waals surface area contributed by atoms with Crippen molar-refractivity contribution in [2.24, 2.45) is 0 Å². The number of hydrogen-bond acceptors (Lipinski definition) is 4. The first kappa shape index (κ1) is 14.8. The van der Waals surface area contributed by atoms with Crippen LogP contribution in [0.4, 0.5) is 0 Å². The molecular formula is C12H17NO4S. The molecule has 100 valence electrons. The van der Waals surface area contributed by atoms with Gasteiger partial charge in [0.15, 0.2) is 5.78 Å². The molecule has 0 aliphatic carbocycles. The van der Waals surface area contributed by atoms with Gasteiger partial charge >= 0.3 is 0 Å². The second-order valence-electron chi connectivity index (χ2n) is 4.01. The molecule has 0 fully saturated rings. The first-order chi connectivity index (χ1) is 8.40. The molecule has 1 atom stereocenters. The summed E-state index contributed by atoms with van der Waals surface area (Å²) in [7, 11) is -3.70. The number of carbonyl (C=O) groups excluding carboxylic acids is 1. The van der Waals surface area contributed by atoms with Crippen molar-refractivity contribution >= 4 is 15.8 Å². The lowest BCUT2D eigenvalue weighted by Crippen LogP contribution is -2.35. The fourth-order valence-corrected chi connectivity index (χ4v) is 2.69. The lowest BCUT2D eigenvalue weighted by atomic mass is 10.1. The molecule has 0 radical (unpaired) electrons. The molecule has 0 bridgehead atoms. The molecule has 18 heavy (non-hydrogen) atoms. The Morgan fingerprint density at radius 2 is 2.11 bits per heavy atom. The zero-order chi connectivity index (χ0) is 13.8. The van der Waals surface area contributed by atoms with E-state index in [0.29, 0.717) is 12.0 Å². The standard InChI is InChI=1S/C12H17NO4S/c1-3-12(15)10-5-4-6-11(7-10)18(16,17)13-9(2)8-14/h4-7,9,13-14H,3,8H2,1-2H3/t9-/m1/s1. The minimum Gasteiger partial charge on any atom is -0.395 e. The maximum absolute atomic E-state index is 11.9. The van der Waals surface area contributed by atoms with Crippen molar-refractivity contribution in [3.63, 3.8) is 0 Å². The summed E-state index contributed by atoms with van der Waals surface area (Å²) in [5, 5.41) is 8.84. The number of hydrogen-bond donors (Lipinski definition) is 2. The van der Waals surface area contributed by atoms with Crippen LogP contribution in [0.5, 0.6) is 0 Å². The van der Waals surface area contributed by atoms with Gasteiger partial charge in [-0.25, -0.2) is 13.1 Å². The van der Waals surface area contributed by atoms with Gasteiger partial charge in [0.2, 0.25) is 10.0 Å². The Hall–Kier alpha value is -1.24. The summed E-state index contributed by atoms with van der Waals surface area (Å²) in [5.74, 6) is -0.109. The van der Waals surface area contributed by atoms with E-state index in [1.807, 2.05) is 0 Å². The molecular weight excluding hydrogens is 254 g/mol. The maximum atomic E-state index is 11.9. The van der Waals surface area contributed by atoms with Crippen LogP contribution in [-0.2, 0) is 10.0 Å². The summed E-state index contributed by atoms with van der Waals surface area (Å²) in [6, 6.07) is 5.30. The predicted octanol–water partition coefficient (Wildman–Crippen LogP) is 0.938. The lowest BCUT2D eigenvalue weighted by molar-refractivity contribution is 0.0988. The largest absolute Gasteiger partial charge is 0.395 e. The van der Waals surface area contributed by atoms with Crippen molar-refractivity contribution in [1.82, 2.24) is 4.72 Å². The monoisotopic (exact) mass is 271 g/mol. The van der Waals surface area contributed by atoms with Crippen molar-refractivity contribution in [1.29, 1.82) is 0 Å². The van der Waals surface area contributed by atoms with Gasteiger partial charge in [0.1, 0.15) is 0 Å². The van der Waals surface area contributed by atoms with E-state index in [2.05, 4.69) is 4.72 Å². The van der Waals surface area contributed by atoms with Crippen molar-refractivity contribution < 1.29 is 18.3 Å².